The van der Waals surface area contributed by atoms with Crippen LogP contribution in [0.3, 0.4) is 0 Å². The van der Waals surface area contributed by atoms with Crippen LogP contribution in [-0.2, 0) is 0 Å². The van der Waals surface area contributed by atoms with Gasteiger partial charge in [0.1, 0.15) is 0 Å². The highest BCUT2D eigenvalue weighted by Crippen LogP contribution is 2.14. The number of hydrogen-bond acceptors (Lipinski definition) is 3. The standard InChI is InChI=1S/C16H22N4O/c1-11(2)12(3)19(4)16(21)15-8-9-20(18-15)14-7-5-6-13(17)10-14/h5-12H,17H2,1-4H3. The van der Waals surface area contributed by atoms with Gasteiger partial charge in [0.25, 0.3) is 5.91 Å². The molecule has 1 unspecified atom stereocenters. The van der Waals surface area contributed by atoms with Crippen molar-refractivity contribution in [2.45, 2.75) is 26.8 Å². The Morgan fingerprint density at radius 2 is 2.00 bits per heavy atom. The molecule has 0 spiro atoms. The van der Waals surface area contributed by atoms with E-state index in [0.29, 0.717) is 17.3 Å². The van der Waals surface area contributed by atoms with Crippen LogP contribution in [0.5, 0.6) is 0 Å². The summed E-state index contributed by atoms with van der Waals surface area (Å²) >= 11 is 0. The van der Waals surface area contributed by atoms with Crippen LogP contribution in [0.1, 0.15) is 31.3 Å². The maximum absolute atomic E-state index is 12.4. The van der Waals surface area contributed by atoms with E-state index in [4.69, 9.17) is 5.73 Å². The third kappa shape index (κ3) is 3.24. The Bertz CT molecular complexity index is 633. The minimum absolute atomic E-state index is 0.0705. The zero-order valence-electron chi connectivity index (χ0n) is 12.9. The Kier molecular flexibility index (Phi) is 4.31. The Morgan fingerprint density at radius 3 is 2.62 bits per heavy atom. The number of aromatic nitrogens is 2. The zero-order chi connectivity index (χ0) is 15.6. The molecule has 21 heavy (non-hydrogen) atoms. The van der Waals surface area contributed by atoms with Crippen molar-refractivity contribution in [1.29, 1.82) is 0 Å². The number of hydrogen-bond donors (Lipinski definition) is 1. The van der Waals surface area contributed by atoms with Crippen molar-refractivity contribution in [3.05, 3.63) is 42.2 Å². The lowest BCUT2D eigenvalue weighted by Crippen LogP contribution is -2.38. The van der Waals surface area contributed by atoms with Crippen LogP contribution < -0.4 is 5.73 Å². The second-order valence-electron chi connectivity index (χ2n) is 5.64. The number of nitrogens with zero attached hydrogens (tertiary/aromatic N) is 3. The molecule has 0 aliphatic rings. The smallest absolute Gasteiger partial charge is 0.274 e. The summed E-state index contributed by atoms with van der Waals surface area (Å²) in [6, 6.07) is 9.29. The molecule has 2 rings (SSSR count). The molecule has 0 saturated heterocycles. The molecule has 1 amide bonds. The first-order chi connectivity index (χ1) is 9.90. The van der Waals surface area contributed by atoms with Gasteiger partial charge in [-0.2, -0.15) is 5.10 Å². The molecule has 2 N–H and O–H groups in total. The molecule has 1 aromatic heterocycles. The fourth-order valence-corrected chi connectivity index (χ4v) is 2.06. The maximum atomic E-state index is 12.4. The lowest BCUT2D eigenvalue weighted by molar-refractivity contribution is 0.0700. The van der Waals surface area contributed by atoms with Crippen LogP contribution in [0.25, 0.3) is 5.69 Å². The largest absolute Gasteiger partial charge is 0.399 e. The molecule has 5 nitrogen and oxygen atoms in total. The summed E-state index contributed by atoms with van der Waals surface area (Å²) in [6.45, 7) is 6.23. The van der Waals surface area contributed by atoms with Crippen molar-refractivity contribution in [3.63, 3.8) is 0 Å². The van der Waals surface area contributed by atoms with Crippen molar-refractivity contribution < 1.29 is 4.79 Å². The monoisotopic (exact) mass is 286 g/mol. The van der Waals surface area contributed by atoms with Crippen LogP contribution in [0.15, 0.2) is 36.5 Å². The summed E-state index contributed by atoms with van der Waals surface area (Å²) in [5.41, 5.74) is 7.71. The van der Waals surface area contributed by atoms with Gasteiger partial charge >= 0.3 is 0 Å². The third-order valence-electron chi connectivity index (χ3n) is 3.84. The van der Waals surface area contributed by atoms with Crippen LogP contribution in [0.2, 0.25) is 0 Å². The first-order valence-corrected chi connectivity index (χ1v) is 7.09. The van der Waals surface area contributed by atoms with Gasteiger partial charge in [-0.3, -0.25) is 4.79 Å². The molecule has 0 aliphatic carbocycles. The van der Waals surface area contributed by atoms with Gasteiger partial charge in [-0.25, -0.2) is 4.68 Å². The number of amides is 1. The predicted molar refractivity (Wildman–Crippen MR) is 84.4 cm³/mol. The van der Waals surface area contributed by atoms with Crippen molar-refractivity contribution in [1.82, 2.24) is 14.7 Å². The Morgan fingerprint density at radius 1 is 1.29 bits per heavy atom. The molecular weight excluding hydrogens is 264 g/mol. The van der Waals surface area contributed by atoms with Gasteiger partial charge < -0.3 is 10.6 Å². The molecule has 112 valence electrons. The molecule has 0 saturated carbocycles. The Balaban J connectivity index is 2.22. The SMILES string of the molecule is CC(C)C(C)N(C)C(=O)c1ccn(-c2cccc(N)c2)n1. The highest BCUT2D eigenvalue weighted by molar-refractivity contribution is 5.92. The summed E-state index contributed by atoms with van der Waals surface area (Å²) in [4.78, 5) is 14.2. The first-order valence-electron chi connectivity index (χ1n) is 7.09. The van der Waals surface area contributed by atoms with Gasteiger partial charge in [-0.15, -0.1) is 0 Å². The highest BCUT2D eigenvalue weighted by atomic mass is 16.2. The molecule has 0 fully saturated rings. The second-order valence-corrected chi connectivity index (χ2v) is 5.64. The maximum Gasteiger partial charge on any atom is 0.274 e. The van der Waals surface area contributed by atoms with Crippen LogP contribution in [0, 0.1) is 5.92 Å². The molecule has 0 bridgehead atoms. The number of nitrogens with two attached hydrogens (primary N) is 1. The zero-order valence-corrected chi connectivity index (χ0v) is 12.9. The van der Waals surface area contributed by atoms with Gasteiger partial charge in [-0.05, 0) is 37.1 Å². The minimum Gasteiger partial charge on any atom is -0.399 e. The quantitative estimate of drug-likeness (QED) is 0.879. The normalized spacial score (nSPS) is 12.4. The summed E-state index contributed by atoms with van der Waals surface area (Å²) < 4.78 is 1.66. The first kappa shape index (κ1) is 15.1. The molecule has 5 heteroatoms. The van der Waals surface area contributed by atoms with E-state index in [1.807, 2.05) is 38.2 Å². The number of rotatable bonds is 4. The Hall–Kier alpha value is -2.30. The second kappa shape index (κ2) is 5.99. The summed E-state index contributed by atoms with van der Waals surface area (Å²) in [7, 11) is 1.81. The van der Waals surface area contributed by atoms with Gasteiger partial charge in [0.15, 0.2) is 5.69 Å². The van der Waals surface area contributed by atoms with Crippen LogP contribution in [-0.4, -0.2) is 33.7 Å². The van der Waals surface area contributed by atoms with Crippen LogP contribution >= 0.6 is 0 Å². The summed E-state index contributed by atoms with van der Waals surface area (Å²) in [6.07, 6.45) is 1.77. The number of benzene rings is 1. The summed E-state index contributed by atoms with van der Waals surface area (Å²) in [5, 5.41) is 4.35. The van der Waals surface area contributed by atoms with Crippen molar-refractivity contribution in [2.75, 3.05) is 12.8 Å². The van der Waals surface area contributed by atoms with E-state index in [2.05, 4.69) is 18.9 Å². The number of carbonyl (C=O) groups is 1. The van der Waals surface area contributed by atoms with E-state index >= 15 is 0 Å². The lowest BCUT2D eigenvalue weighted by atomic mass is 10.1. The molecule has 1 heterocycles. The van der Waals surface area contributed by atoms with Gasteiger partial charge in [0.05, 0.1) is 5.69 Å². The average molecular weight is 286 g/mol. The Labute approximate surface area is 125 Å². The molecule has 0 radical (unpaired) electrons. The molecular formula is C16H22N4O. The van der Waals surface area contributed by atoms with Gasteiger partial charge in [0, 0.05) is 25.0 Å². The third-order valence-corrected chi connectivity index (χ3v) is 3.84. The van der Waals surface area contributed by atoms with Crippen molar-refractivity contribution >= 4 is 11.6 Å². The van der Waals surface area contributed by atoms with E-state index in [1.165, 1.54) is 0 Å². The number of anilines is 1. The molecule has 1 aromatic carbocycles. The minimum atomic E-state index is -0.0705. The number of nitrogen functional groups attached to an aromatic ring is 1. The van der Waals surface area contributed by atoms with Gasteiger partial charge in [-0.1, -0.05) is 19.9 Å². The van der Waals surface area contributed by atoms with E-state index < -0.39 is 0 Å². The molecule has 0 aliphatic heterocycles. The highest BCUT2D eigenvalue weighted by Gasteiger charge is 2.21. The van der Waals surface area contributed by atoms with Crippen LogP contribution in [0.4, 0.5) is 5.69 Å². The van der Waals surface area contributed by atoms with Crippen molar-refractivity contribution in [3.8, 4) is 5.69 Å². The van der Waals surface area contributed by atoms with E-state index in [0.717, 1.165) is 5.69 Å². The topological polar surface area (TPSA) is 64.2 Å². The summed E-state index contributed by atoms with van der Waals surface area (Å²) in [5.74, 6) is 0.328. The fourth-order valence-electron chi connectivity index (χ4n) is 2.06. The molecule has 1 atom stereocenters. The van der Waals surface area contributed by atoms with Crippen molar-refractivity contribution in [2.24, 2.45) is 5.92 Å². The lowest BCUT2D eigenvalue weighted by Gasteiger charge is -2.27. The van der Waals surface area contributed by atoms with E-state index in [-0.39, 0.29) is 11.9 Å². The fraction of sp³-hybridized carbons (Fsp3) is 0.375. The van der Waals surface area contributed by atoms with E-state index in [9.17, 15) is 4.79 Å². The molecule has 2 aromatic rings. The van der Waals surface area contributed by atoms with E-state index in [1.54, 1.807) is 21.8 Å². The number of carbonyl (C=O) groups excluding carboxylic acids is 1. The van der Waals surface area contributed by atoms with Gasteiger partial charge in [0.2, 0.25) is 0 Å². The average Bonchev–Trinajstić information content (AvgIpc) is 2.94. The predicted octanol–water partition coefficient (Wildman–Crippen LogP) is 2.57.